The summed E-state index contributed by atoms with van der Waals surface area (Å²) in [5.74, 6) is 0.797. The van der Waals surface area contributed by atoms with E-state index in [1.165, 1.54) is 0 Å². The van der Waals surface area contributed by atoms with Crippen LogP contribution in [0.2, 0.25) is 0 Å². The summed E-state index contributed by atoms with van der Waals surface area (Å²) in [6.45, 7) is 5.28. The van der Waals surface area contributed by atoms with E-state index in [4.69, 9.17) is 4.74 Å². The fraction of sp³-hybridized carbons (Fsp3) is 0.250. The van der Waals surface area contributed by atoms with Gasteiger partial charge in [-0.25, -0.2) is 4.98 Å². The van der Waals surface area contributed by atoms with Gasteiger partial charge in [0.2, 0.25) is 0 Å². The molecule has 7 heteroatoms. The number of halogens is 3. The van der Waals surface area contributed by atoms with Crippen molar-refractivity contribution in [3.8, 4) is 5.75 Å². The first-order valence-corrected chi connectivity index (χ1v) is 9.15. The zero-order valence-electron chi connectivity index (χ0n) is 12.8. The molecule has 0 saturated carbocycles. The molecule has 0 fully saturated rings. The van der Waals surface area contributed by atoms with E-state index in [1.54, 1.807) is 26.0 Å². The number of benzene rings is 1. The smallest absolute Gasteiger partial charge is 0.269 e. The Morgan fingerprint density at radius 2 is 1.74 bits per heavy atom. The van der Waals surface area contributed by atoms with Crippen LogP contribution >= 0.6 is 47.8 Å². The SMILES string of the molecule is Cc1nc(NC(=O)C(C)(C)Oc2ccc(Br)cc2)c(Br)cc1Br. The zero-order valence-corrected chi connectivity index (χ0v) is 17.5. The lowest BCUT2D eigenvalue weighted by molar-refractivity contribution is -0.128. The highest BCUT2D eigenvalue weighted by Crippen LogP contribution is 2.28. The number of aryl methyl sites for hydroxylation is 1. The maximum Gasteiger partial charge on any atom is 0.269 e. The van der Waals surface area contributed by atoms with E-state index in [0.717, 1.165) is 14.6 Å². The van der Waals surface area contributed by atoms with E-state index in [9.17, 15) is 4.79 Å². The summed E-state index contributed by atoms with van der Waals surface area (Å²) in [5, 5.41) is 2.80. The number of carbonyl (C=O) groups excluding carboxylic acids is 1. The number of amides is 1. The summed E-state index contributed by atoms with van der Waals surface area (Å²) in [6, 6.07) is 9.17. The summed E-state index contributed by atoms with van der Waals surface area (Å²) in [7, 11) is 0. The minimum absolute atomic E-state index is 0.282. The highest BCUT2D eigenvalue weighted by Gasteiger charge is 2.31. The Labute approximate surface area is 160 Å². The monoisotopic (exact) mass is 504 g/mol. The fourth-order valence-corrected chi connectivity index (χ4v) is 3.05. The molecular weight excluding hydrogens is 492 g/mol. The molecule has 1 aromatic carbocycles. The van der Waals surface area contributed by atoms with Crippen molar-refractivity contribution in [3.63, 3.8) is 0 Å². The van der Waals surface area contributed by atoms with Gasteiger partial charge in [-0.15, -0.1) is 0 Å². The van der Waals surface area contributed by atoms with Crippen LogP contribution in [0.25, 0.3) is 0 Å². The van der Waals surface area contributed by atoms with Crippen molar-refractivity contribution >= 4 is 59.5 Å². The number of rotatable bonds is 4. The topological polar surface area (TPSA) is 51.2 Å². The van der Waals surface area contributed by atoms with Gasteiger partial charge in [0, 0.05) is 8.95 Å². The van der Waals surface area contributed by atoms with Gasteiger partial charge in [0.15, 0.2) is 5.60 Å². The summed E-state index contributed by atoms with van der Waals surface area (Å²) in [4.78, 5) is 16.9. The lowest BCUT2D eigenvalue weighted by Crippen LogP contribution is -2.42. The molecule has 1 N–H and O–H groups in total. The second-order valence-electron chi connectivity index (χ2n) is 5.41. The van der Waals surface area contributed by atoms with Crippen LogP contribution in [0.15, 0.2) is 43.7 Å². The third-order valence-corrected chi connectivity index (χ3v) is 5.01. The van der Waals surface area contributed by atoms with Crippen molar-refractivity contribution in [1.82, 2.24) is 4.98 Å². The molecule has 0 saturated heterocycles. The predicted molar refractivity (Wildman–Crippen MR) is 102 cm³/mol. The van der Waals surface area contributed by atoms with Crippen LogP contribution < -0.4 is 10.1 Å². The van der Waals surface area contributed by atoms with Gasteiger partial charge < -0.3 is 10.1 Å². The van der Waals surface area contributed by atoms with Crippen LogP contribution in [0.5, 0.6) is 5.75 Å². The van der Waals surface area contributed by atoms with Crippen LogP contribution in [-0.4, -0.2) is 16.5 Å². The number of pyridine rings is 1. The summed E-state index contributed by atoms with van der Waals surface area (Å²) in [6.07, 6.45) is 0. The van der Waals surface area contributed by atoms with E-state index < -0.39 is 5.60 Å². The molecule has 1 heterocycles. The summed E-state index contributed by atoms with van der Waals surface area (Å²) in [5.41, 5.74) is -0.259. The van der Waals surface area contributed by atoms with Crippen LogP contribution in [-0.2, 0) is 4.79 Å². The van der Waals surface area contributed by atoms with Gasteiger partial charge in [0.05, 0.1) is 10.2 Å². The Kier molecular flexibility index (Phi) is 5.86. The third kappa shape index (κ3) is 4.78. The first-order valence-electron chi connectivity index (χ1n) is 6.78. The molecule has 23 heavy (non-hydrogen) atoms. The van der Waals surface area contributed by atoms with E-state index in [2.05, 4.69) is 58.1 Å². The number of nitrogens with one attached hydrogen (secondary N) is 1. The van der Waals surface area contributed by atoms with Crippen molar-refractivity contribution in [2.75, 3.05) is 5.32 Å². The molecule has 0 aliphatic carbocycles. The van der Waals surface area contributed by atoms with Gasteiger partial charge in [0.1, 0.15) is 11.6 Å². The lowest BCUT2D eigenvalue weighted by atomic mass is 10.1. The normalized spacial score (nSPS) is 11.2. The molecule has 0 atom stereocenters. The molecule has 0 spiro atoms. The summed E-state index contributed by atoms with van der Waals surface area (Å²) >= 11 is 10.2. The summed E-state index contributed by atoms with van der Waals surface area (Å²) < 4.78 is 8.31. The number of carbonyl (C=O) groups is 1. The van der Waals surface area contributed by atoms with Crippen molar-refractivity contribution in [3.05, 3.63) is 49.4 Å². The molecule has 4 nitrogen and oxygen atoms in total. The standard InChI is InChI=1S/C16H15Br3N2O2/c1-9-12(18)8-13(19)14(20-9)21-15(22)16(2,3)23-11-6-4-10(17)5-7-11/h4-8H,1-3H3,(H,20,21,22). The van der Waals surface area contributed by atoms with Crippen LogP contribution in [0.3, 0.4) is 0 Å². The molecule has 0 bridgehead atoms. The Balaban J connectivity index is 2.15. The Bertz CT molecular complexity index is 731. The second-order valence-corrected chi connectivity index (χ2v) is 8.03. The van der Waals surface area contributed by atoms with Crippen LogP contribution in [0.4, 0.5) is 5.82 Å². The molecule has 2 rings (SSSR count). The molecule has 1 aromatic heterocycles. The average molecular weight is 507 g/mol. The fourth-order valence-electron chi connectivity index (χ4n) is 1.75. The molecule has 2 aromatic rings. The van der Waals surface area contributed by atoms with E-state index in [-0.39, 0.29) is 5.91 Å². The molecule has 0 unspecified atom stereocenters. The van der Waals surface area contributed by atoms with Crippen molar-refractivity contribution < 1.29 is 9.53 Å². The number of hydrogen-bond donors (Lipinski definition) is 1. The molecule has 0 radical (unpaired) electrons. The number of aromatic nitrogens is 1. The van der Waals surface area contributed by atoms with Gasteiger partial charge in [-0.2, -0.15) is 0 Å². The number of nitrogens with zero attached hydrogens (tertiary/aromatic N) is 1. The quantitative estimate of drug-likeness (QED) is 0.598. The van der Waals surface area contributed by atoms with Crippen molar-refractivity contribution in [1.29, 1.82) is 0 Å². The second kappa shape index (κ2) is 7.32. The highest BCUT2D eigenvalue weighted by atomic mass is 79.9. The minimum Gasteiger partial charge on any atom is -0.478 e. The minimum atomic E-state index is -1.05. The largest absolute Gasteiger partial charge is 0.478 e. The van der Waals surface area contributed by atoms with Gasteiger partial charge in [0.25, 0.3) is 5.91 Å². The third-order valence-electron chi connectivity index (χ3n) is 3.07. The number of hydrogen-bond acceptors (Lipinski definition) is 3. The predicted octanol–water partition coefficient (Wildman–Crippen LogP) is 5.47. The van der Waals surface area contributed by atoms with E-state index in [1.807, 2.05) is 25.1 Å². The Morgan fingerprint density at radius 3 is 2.35 bits per heavy atom. The molecule has 122 valence electrons. The average Bonchev–Trinajstić information content (AvgIpc) is 2.47. The van der Waals surface area contributed by atoms with Gasteiger partial charge in [-0.3, -0.25) is 4.79 Å². The van der Waals surface area contributed by atoms with Gasteiger partial charge in [-0.05, 0) is 83.0 Å². The van der Waals surface area contributed by atoms with Crippen LogP contribution in [0.1, 0.15) is 19.5 Å². The molecular formula is C16H15Br3N2O2. The maximum absolute atomic E-state index is 12.5. The Hall–Kier alpha value is -0.920. The first kappa shape index (κ1) is 18.4. The lowest BCUT2D eigenvalue weighted by Gasteiger charge is -2.25. The Morgan fingerprint density at radius 1 is 1.13 bits per heavy atom. The zero-order chi connectivity index (χ0) is 17.2. The van der Waals surface area contributed by atoms with E-state index in [0.29, 0.717) is 16.0 Å². The van der Waals surface area contributed by atoms with Crippen LogP contribution in [0, 0.1) is 6.92 Å². The number of ether oxygens (including phenoxy) is 1. The van der Waals surface area contributed by atoms with Crippen molar-refractivity contribution in [2.45, 2.75) is 26.4 Å². The first-order chi connectivity index (χ1) is 10.7. The maximum atomic E-state index is 12.5. The number of anilines is 1. The van der Waals surface area contributed by atoms with E-state index >= 15 is 0 Å². The molecule has 0 aliphatic heterocycles. The molecule has 1 amide bonds. The van der Waals surface area contributed by atoms with Crippen molar-refractivity contribution in [2.24, 2.45) is 0 Å². The van der Waals surface area contributed by atoms with Gasteiger partial charge in [-0.1, -0.05) is 15.9 Å². The molecule has 0 aliphatic rings. The highest BCUT2D eigenvalue weighted by molar-refractivity contribution is 9.11. The van der Waals surface area contributed by atoms with Gasteiger partial charge >= 0.3 is 0 Å².